The van der Waals surface area contributed by atoms with Crippen LogP contribution in [0.3, 0.4) is 0 Å². The normalized spacial score (nSPS) is 17.5. The van der Waals surface area contributed by atoms with Gasteiger partial charge in [0.15, 0.2) is 0 Å². The third-order valence-corrected chi connectivity index (χ3v) is 6.19. The van der Waals surface area contributed by atoms with Crippen molar-refractivity contribution in [2.75, 3.05) is 11.4 Å². The Morgan fingerprint density at radius 1 is 0.853 bits per heavy atom. The molecule has 1 unspecified atom stereocenters. The quantitative estimate of drug-likeness (QED) is 0.589. The number of carbonyl (C=O) groups excluding carboxylic acids is 3. The molecule has 1 fully saturated rings. The standard InChI is InChI=1S/C28H36N2O4/c1-8-14-29-24(32)20(25(33)30(26(29)34)19-12-10-9-11-13-19)15-18-16-21(27(2,3)4)23(31)22(17-18)28(5,6)7/h9-13,16-17,20,31H,8,14-15H2,1-7H3. The maximum Gasteiger partial charge on any atom is 0.338 e. The molecule has 1 aliphatic rings. The van der Waals surface area contributed by atoms with Crippen molar-refractivity contribution in [3.8, 4) is 5.75 Å². The summed E-state index contributed by atoms with van der Waals surface area (Å²) in [7, 11) is 0. The number of hydrogen-bond donors (Lipinski definition) is 1. The fourth-order valence-electron chi connectivity index (χ4n) is 4.37. The van der Waals surface area contributed by atoms with Gasteiger partial charge in [0.25, 0.3) is 0 Å². The van der Waals surface area contributed by atoms with Gasteiger partial charge in [0.1, 0.15) is 11.7 Å². The Morgan fingerprint density at radius 3 is 1.85 bits per heavy atom. The van der Waals surface area contributed by atoms with E-state index in [2.05, 4.69) is 0 Å². The van der Waals surface area contributed by atoms with Crippen LogP contribution in [0.5, 0.6) is 5.75 Å². The summed E-state index contributed by atoms with van der Waals surface area (Å²) in [5.41, 5.74) is 2.12. The number of benzene rings is 2. The van der Waals surface area contributed by atoms with E-state index in [9.17, 15) is 19.5 Å². The van der Waals surface area contributed by atoms with Gasteiger partial charge < -0.3 is 5.11 Å². The summed E-state index contributed by atoms with van der Waals surface area (Å²) in [5.74, 6) is -1.75. The fraction of sp³-hybridized carbons (Fsp3) is 0.464. The van der Waals surface area contributed by atoms with E-state index in [1.807, 2.05) is 66.7 Å². The van der Waals surface area contributed by atoms with Crippen LogP contribution < -0.4 is 4.90 Å². The first kappa shape index (κ1) is 25.5. The number of phenols is 1. The molecule has 0 aliphatic carbocycles. The first-order valence-corrected chi connectivity index (χ1v) is 11.9. The molecule has 1 saturated heterocycles. The number of anilines is 1. The zero-order valence-electron chi connectivity index (χ0n) is 21.3. The number of barbiturate groups is 1. The Labute approximate surface area is 202 Å². The van der Waals surface area contributed by atoms with Gasteiger partial charge in [-0.2, -0.15) is 0 Å². The lowest BCUT2D eigenvalue weighted by Gasteiger charge is -2.37. The molecule has 6 nitrogen and oxygen atoms in total. The lowest BCUT2D eigenvalue weighted by molar-refractivity contribution is -0.141. The lowest BCUT2D eigenvalue weighted by atomic mass is 9.77. The summed E-state index contributed by atoms with van der Waals surface area (Å²) in [4.78, 5) is 42.3. The van der Waals surface area contributed by atoms with Crippen molar-refractivity contribution < 1.29 is 19.5 Å². The van der Waals surface area contributed by atoms with Crippen molar-refractivity contribution in [1.29, 1.82) is 0 Å². The highest BCUT2D eigenvalue weighted by molar-refractivity contribution is 6.27. The van der Waals surface area contributed by atoms with Gasteiger partial charge in [0.2, 0.25) is 11.8 Å². The molecule has 0 saturated carbocycles. The molecule has 0 aromatic heterocycles. The molecular weight excluding hydrogens is 428 g/mol. The van der Waals surface area contributed by atoms with Crippen molar-refractivity contribution in [3.63, 3.8) is 0 Å². The highest BCUT2D eigenvalue weighted by Gasteiger charge is 2.46. The molecule has 34 heavy (non-hydrogen) atoms. The number of aromatic hydroxyl groups is 1. The third-order valence-electron chi connectivity index (χ3n) is 6.19. The molecule has 182 valence electrons. The Kier molecular flexibility index (Phi) is 6.92. The second-order valence-corrected chi connectivity index (χ2v) is 11.1. The summed E-state index contributed by atoms with van der Waals surface area (Å²) in [6, 6.07) is 11.9. The first-order valence-electron chi connectivity index (χ1n) is 11.9. The smallest absolute Gasteiger partial charge is 0.338 e. The van der Waals surface area contributed by atoms with Gasteiger partial charge in [-0.1, -0.05) is 78.8 Å². The van der Waals surface area contributed by atoms with E-state index in [0.29, 0.717) is 12.1 Å². The molecule has 0 spiro atoms. The average molecular weight is 465 g/mol. The van der Waals surface area contributed by atoms with E-state index in [4.69, 9.17) is 0 Å². The van der Waals surface area contributed by atoms with Crippen LogP contribution in [0, 0.1) is 5.92 Å². The fourth-order valence-corrected chi connectivity index (χ4v) is 4.37. The van der Waals surface area contributed by atoms with Gasteiger partial charge >= 0.3 is 6.03 Å². The molecule has 1 N–H and O–H groups in total. The number of amides is 4. The monoisotopic (exact) mass is 464 g/mol. The lowest BCUT2D eigenvalue weighted by Crippen LogP contribution is -2.60. The van der Waals surface area contributed by atoms with Crippen LogP contribution in [0.25, 0.3) is 0 Å². The van der Waals surface area contributed by atoms with E-state index in [-0.39, 0.29) is 29.5 Å². The van der Waals surface area contributed by atoms with Gasteiger partial charge in [-0.15, -0.1) is 0 Å². The Balaban J connectivity index is 2.10. The number of nitrogens with zero attached hydrogens (tertiary/aromatic N) is 2. The second-order valence-electron chi connectivity index (χ2n) is 11.1. The average Bonchev–Trinajstić information content (AvgIpc) is 2.74. The minimum absolute atomic E-state index is 0.154. The minimum atomic E-state index is -1.02. The van der Waals surface area contributed by atoms with Crippen LogP contribution >= 0.6 is 0 Å². The number of imide groups is 2. The summed E-state index contributed by atoms with van der Waals surface area (Å²) >= 11 is 0. The SMILES string of the molecule is CCCN1C(=O)C(Cc2cc(C(C)(C)C)c(O)c(C(C)(C)C)c2)C(=O)N(c2ccccc2)C1=O. The molecular formula is C28H36N2O4. The van der Waals surface area contributed by atoms with Gasteiger partial charge in [-0.05, 0) is 52.5 Å². The summed E-state index contributed by atoms with van der Waals surface area (Å²) in [5, 5.41) is 11.0. The highest BCUT2D eigenvalue weighted by Crippen LogP contribution is 2.40. The Hall–Kier alpha value is -3.15. The number of hydrogen-bond acceptors (Lipinski definition) is 4. The van der Waals surface area contributed by atoms with Crippen LogP contribution in [0.4, 0.5) is 10.5 Å². The molecule has 6 heteroatoms. The van der Waals surface area contributed by atoms with Crippen molar-refractivity contribution in [1.82, 2.24) is 4.90 Å². The topological polar surface area (TPSA) is 77.9 Å². The number of carbonyl (C=O) groups is 3. The minimum Gasteiger partial charge on any atom is -0.507 e. The van der Waals surface area contributed by atoms with Crippen molar-refractivity contribution in [2.45, 2.75) is 72.1 Å². The van der Waals surface area contributed by atoms with Gasteiger partial charge in [0.05, 0.1) is 5.69 Å². The number of phenolic OH excluding ortho intramolecular Hbond substituents is 1. The van der Waals surface area contributed by atoms with E-state index >= 15 is 0 Å². The molecule has 2 aromatic carbocycles. The van der Waals surface area contributed by atoms with E-state index in [0.717, 1.165) is 21.6 Å². The van der Waals surface area contributed by atoms with Gasteiger partial charge in [0, 0.05) is 6.54 Å². The maximum absolute atomic E-state index is 13.5. The molecule has 0 radical (unpaired) electrons. The molecule has 2 aromatic rings. The largest absolute Gasteiger partial charge is 0.507 e. The number of urea groups is 1. The second kappa shape index (κ2) is 9.24. The summed E-state index contributed by atoms with van der Waals surface area (Å²) in [6.07, 6.45) is 0.753. The van der Waals surface area contributed by atoms with Crippen LogP contribution in [-0.4, -0.2) is 34.4 Å². The van der Waals surface area contributed by atoms with Gasteiger partial charge in [-0.25, -0.2) is 9.69 Å². The number of para-hydroxylation sites is 1. The van der Waals surface area contributed by atoms with Crippen molar-refractivity contribution in [3.05, 3.63) is 59.2 Å². The zero-order chi connectivity index (χ0) is 25.4. The highest BCUT2D eigenvalue weighted by atomic mass is 16.3. The molecule has 1 heterocycles. The van der Waals surface area contributed by atoms with Crippen LogP contribution in [0.2, 0.25) is 0 Å². The Bertz CT molecular complexity index is 1060. The van der Waals surface area contributed by atoms with Gasteiger partial charge in [-0.3, -0.25) is 14.5 Å². The molecule has 1 aliphatic heterocycles. The van der Waals surface area contributed by atoms with Crippen LogP contribution in [0.15, 0.2) is 42.5 Å². The summed E-state index contributed by atoms with van der Waals surface area (Å²) < 4.78 is 0. The van der Waals surface area contributed by atoms with Crippen LogP contribution in [-0.2, 0) is 26.8 Å². The Morgan fingerprint density at radius 2 is 1.38 bits per heavy atom. The molecule has 4 amide bonds. The molecule has 1 atom stereocenters. The van der Waals surface area contributed by atoms with E-state index in [1.54, 1.807) is 24.3 Å². The predicted molar refractivity (Wildman–Crippen MR) is 134 cm³/mol. The predicted octanol–water partition coefficient (Wildman–Crippen LogP) is 5.55. The maximum atomic E-state index is 13.5. The van der Waals surface area contributed by atoms with E-state index in [1.165, 1.54) is 4.90 Å². The summed E-state index contributed by atoms with van der Waals surface area (Å²) in [6.45, 7) is 14.3. The van der Waals surface area contributed by atoms with Crippen molar-refractivity contribution in [2.24, 2.45) is 5.92 Å². The third kappa shape index (κ3) is 4.86. The van der Waals surface area contributed by atoms with Crippen LogP contribution in [0.1, 0.15) is 71.6 Å². The van der Waals surface area contributed by atoms with E-state index < -0.39 is 23.8 Å². The number of rotatable bonds is 5. The molecule has 3 rings (SSSR count). The zero-order valence-corrected chi connectivity index (χ0v) is 21.3. The van der Waals surface area contributed by atoms with Crippen molar-refractivity contribution >= 4 is 23.5 Å². The first-order chi connectivity index (χ1) is 15.8. The molecule has 0 bridgehead atoms.